The van der Waals surface area contributed by atoms with Gasteiger partial charge in [-0.1, -0.05) is 0 Å². The summed E-state index contributed by atoms with van der Waals surface area (Å²) in [4.78, 5) is 18.3. The Hall–Kier alpha value is -1.11. The maximum absolute atomic E-state index is 13.4. The zero-order chi connectivity index (χ0) is 16.0. The molecule has 1 aliphatic carbocycles. The van der Waals surface area contributed by atoms with Crippen molar-refractivity contribution in [2.45, 2.75) is 43.7 Å². The highest BCUT2D eigenvalue weighted by Gasteiger charge is 2.65. The van der Waals surface area contributed by atoms with Crippen LogP contribution in [-0.4, -0.2) is 35.1 Å². The van der Waals surface area contributed by atoms with Crippen LogP contribution in [-0.2, 0) is 5.41 Å². The fourth-order valence-corrected chi connectivity index (χ4v) is 3.43. The van der Waals surface area contributed by atoms with E-state index in [9.17, 15) is 18.0 Å². The van der Waals surface area contributed by atoms with Gasteiger partial charge in [0.2, 0.25) is 0 Å². The van der Waals surface area contributed by atoms with Gasteiger partial charge in [-0.2, -0.15) is 13.2 Å². The van der Waals surface area contributed by atoms with E-state index in [2.05, 4.69) is 20.9 Å². The van der Waals surface area contributed by atoms with Crippen LogP contribution in [0.5, 0.6) is 0 Å². The molecule has 120 valence electrons. The number of carbonyl (C=O) groups is 1. The van der Waals surface area contributed by atoms with Gasteiger partial charge in [0, 0.05) is 19.3 Å². The lowest BCUT2D eigenvalue weighted by Crippen LogP contribution is -2.38. The molecular formula is C15H16BrF3N2O. The standard InChI is InChI=1S/C15H16BrF3N2O/c16-12-8-11(14(4-5-14)15(17,18)19)10(9-20-12)13(22)21-6-2-1-3-7-21/h8-9H,1-7H2. The number of halogens is 4. The third-order valence-corrected chi connectivity index (χ3v) is 4.99. The van der Waals surface area contributed by atoms with E-state index in [1.807, 2.05) is 0 Å². The predicted molar refractivity (Wildman–Crippen MR) is 78.7 cm³/mol. The van der Waals surface area contributed by atoms with Gasteiger partial charge in [-0.25, -0.2) is 4.98 Å². The second-order valence-corrected chi connectivity index (χ2v) is 6.80. The van der Waals surface area contributed by atoms with Crippen LogP contribution in [0.15, 0.2) is 16.9 Å². The van der Waals surface area contributed by atoms with Gasteiger partial charge in [0.25, 0.3) is 5.91 Å². The number of hydrogen-bond acceptors (Lipinski definition) is 2. The Morgan fingerprint density at radius 2 is 1.86 bits per heavy atom. The summed E-state index contributed by atoms with van der Waals surface area (Å²) in [7, 11) is 0. The van der Waals surface area contributed by atoms with Crippen LogP contribution >= 0.6 is 15.9 Å². The summed E-state index contributed by atoms with van der Waals surface area (Å²) in [5, 5.41) is 0. The quantitative estimate of drug-likeness (QED) is 0.729. The van der Waals surface area contributed by atoms with Crippen molar-refractivity contribution >= 4 is 21.8 Å². The largest absolute Gasteiger partial charge is 0.398 e. The topological polar surface area (TPSA) is 33.2 Å². The summed E-state index contributed by atoms with van der Waals surface area (Å²) in [6.07, 6.45) is -0.139. The van der Waals surface area contributed by atoms with Crippen molar-refractivity contribution in [3.63, 3.8) is 0 Å². The minimum absolute atomic E-state index is 0.0350. The average molecular weight is 377 g/mol. The first kappa shape index (κ1) is 15.8. The summed E-state index contributed by atoms with van der Waals surface area (Å²) in [6.45, 7) is 1.21. The summed E-state index contributed by atoms with van der Waals surface area (Å²) in [5.41, 5.74) is -1.71. The van der Waals surface area contributed by atoms with E-state index < -0.39 is 11.6 Å². The van der Waals surface area contributed by atoms with Gasteiger partial charge in [0.1, 0.15) is 4.60 Å². The SMILES string of the molecule is O=C(c1cnc(Br)cc1C1(C(F)(F)F)CC1)N1CCCCC1. The van der Waals surface area contributed by atoms with Gasteiger partial charge in [-0.05, 0) is 59.7 Å². The molecule has 1 aromatic heterocycles. The van der Waals surface area contributed by atoms with E-state index >= 15 is 0 Å². The van der Waals surface area contributed by atoms with E-state index in [0.29, 0.717) is 17.7 Å². The first-order valence-electron chi connectivity index (χ1n) is 7.37. The first-order chi connectivity index (χ1) is 10.3. The molecule has 1 aromatic rings. The molecule has 0 radical (unpaired) electrons. The van der Waals surface area contributed by atoms with E-state index in [1.165, 1.54) is 12.3 Å². The molecule has 2 aliphatic rings. The van der Waals surface area contributed by atoms with Crippen LogP contribution < -0.4 is 0 Å². The Kier molecular flexibility index (Phi) is 3.95. The van der Waals surface area contributed by atoms with E-state index in [1.54, 1.807) is 4.90 Å². The fourth-order valence-electron chi connectivity index (χ4n) is 3.09. The molecule has 2 fully saturated rings. The van der Waals surface area contributed by atoms with Crippen LogP contribution in [0.2, 0.25) is 0 Å². The van der Waals surface area contributed by atoms with Crippen molar-refractivity contribution in [1.82, 2.24) is 9.88 Å². The second kappa shape index (κ2) is 5.51. The van der Waals surface area contributed by atoms with Crippen molar-refractivity contribution in [1.29, 1.82) is 0 Å². The molecule has 1 saturated heterocycles. The number of aromatic nitrogens is 1. The lowest BCUT2D eigenvalue weighted by molar-refractivity contribution is -0.160. The highest BCUT2D eigenvalue weighted by Crippen LogP contribution is 2.59. The molecule has 3 nitrogen and oxygen atoms in total. The summed E-state index contributed by atoms with van der Waals surface area (Å²) in [5.74, 6) is -0.328. The number of amides is 1. The molecule has 0 bridgehead atoms. The number of alkyl halides is 3. The Morgan fingerprint density at radius 3 is 2.41 bits per heavy atom. The van der Waals surface area contributed by atoms with Gasteiger partial charge < -0.3 is 4.90 Å². The molecule has 0 unspecified atom stereocenters. The van der Waals surface area contributed by atoms with Gasteiger partial charge in [0.05, 0.1) is 11.0 Å². The normalized spacial score (nSPS) is 20.8. The first-order valence-corrected chi connectivity index (χ1v) is 8.16. The molecule has 0 N–H and O–H groups in total. The number of likely N-dealkylation sites (tertiary alicyclic amines) is 1. The summed E-state index contributed by atoms with van der Waals surface area (Å²) < 4.78 is 40.6. The molecule has 1 amide bonds. The number of rotatable bonds is 2. The molecule has 0 aromatic carbocycles. The van der Waals surface area contributed by atoms with Crippen LogP contribution in [0.4, 0.5) is 13.2 Å². The van der Waals surface area contributed by atoms with Gasteiger partial charge in [-0.15, -0.1) is 0 Å². The van der Waals surface area contributed by atoms with E-state index in [-0.39, 0.29) is 29.9 Å². The third-order valence-electron chi connectivity index (χ3n) is 4.55. The molecule has 1 aliphatic heterocycles. The molecule has 0 atom stereocenters. The third kappa shape index (κ3) is 2.64. The number of piperidine rings is 1. The Morgan fingerprint density at radius 1 is 1.23 bits per heavy atom. The van der Waals surface area contributed by atoms with Crippen molar-refractivity contribution in [2.75, 3.05) is 13.1 Å². The second-order valence-electron chi connectivity index (χ2n) is 5.99. The molecule has 0 spiro atoms. The molecule has 1 saturated carbocycles. The Balaban J connectivity index is 2.00. The minimum atomic E-state index is -4.34. The number of pyridine rings is 1. The minimum Gasteiger partial charge on any atom is -0.339 e. The number of nitrogens with zero attached hydrogens (tertiary/aromatic N) is 2. The summed E-state index contributed by atoms with van der Waals surface area (Å²) >= 11 is 3.13. The van der Waals surface area contributed by atoms with E-state index in [0.717, 1.165) is 19.3 Å². The van der Waals surface area contributed by atoms with Crippen molar-refractivity contribution in [2.24, 2.45) is 0 Å². The molecule has 2 heterocycles. The lowest BCUT2D eigenvalue weighted by atomic mass is 9.91. The Bertz CT molecular complexity index is 593. The maximum Gasteiger partial charge on any atom is 0.398 e. The number of carbonyl (C=O) groups excluding carboxylic acids is 1. The highest BCUT2D eigenvalue weighted by molar-refractivity contribution is 9.10. The molecule has 22 heavy (non-hydrogen) atoms. The number of hydrogen-bond donors (Lipinski definition) is 0. The fraction of sp³-hybridized carbons (Fsp3) is 0.600. The zero-order valence-electron chi connectivity index (χ0n) is 11.9. The van der Waals surface area contributed by atoms with Crippen LogP contribution in [0.25, 0.3) is 0 Å². The predicted octanol–water partition coefficient (Wildman–Crippen LogP) is 4.06. The molecule has 7 heteroatoms. The maximum atomic E-state index is 13.4. The molecular weight excluding hydrogens is 361 g/mol. The zero-order valence-corrected chi connectivity index (χ0v) is 13.5. The summed E-state index contributed by atoms with van der Waals surface area (Å²) in [6, 6.07) is 1.36. The van der Waals surface area contributed by atoms with Gasteiger partial charge in [0.15, 0.2) is 0 Å². The monoisotopic (exact) mass is 376 g/mol. The molecule has 3 rings (SSSR count). The van der Waals surface area contributed by atoms with Crippen molar-refractivity contribution in [3.05, 3.63) is 28.0 Å². The van der Waals surface area contributed by atoms with Gasteiger partial charge in [-0.3, -0.25) is 4.79 Å². The smallest absolute Gasteiger partial charge is 0.339 e. The van der Waals surface area contributed by atoms with E-state index in [4.69, 9.17) is 0 Å². The average Bonchev–Trinajstić information content (AvgIpc) is 3.28. The van der Waals surface area contributed by atoms with Crippen molar-refractivity contribution in [3.8, 4) is 0 Å². The van der Waals surface area contributed by atoms with Crippen LogP contribution in [0.3, 0.4) is 0 Å². The van der Waals surface area contributed by atoms with Crippen LogP contribution in [0, 0.1) is 0 Å². The van der Waals surface area contributed by atoms with Crippen molar-refractivity contribution < 1.29 is 18.0 Å². The van der Waals surface area contributed by atoms with Gasteiger partial charge >= 0.3 is 6.18 Å². The Labute approximate surface area is 135 Å². The van der Waals surface area contributed by atoms with Crippen LogP contribution in [0.1, 0.15) is 48.0 Å². The lowest BCUT2D eigenvalue weighted by Gasteiger charge is -2.29. The highest BCUT2D eigenvalue weighted by atomic mass is 79.9.